The molecule has 0 aromatic heterocycles. The Morgan fingerprint density at radius 1 is 1.13 bits per heavy atom. The van der Waals surface area contributed by atoms with Crippen LogP contribution in [0.4, 0.5) is 5.69 Å². The third-order valence-electron chi connectivity index (χ3n) is 4.43. The molecule has 0 heterocycles. The van der Waals surface area contributed by atoms with Crippen molar-refractivity contribution in [3.8, 4) is 17.2 Å². The van der Waals surface area contributed by atoms with Crippen LogP contribution in [0.1, 0.15) is 11.1 Å². The molecule has 30 heavy (non-hydrogen) atoms. The van der Waals surface area contributed by atoms with E-state index in [0.717, 1.165) is 0 Å². The van der Waals surface area contributed by atoms with Crippen molar-refractivity contribution in [1.29, 1.82) is 0 Å². The minimum absolute atomic E-state index is 0.0562. The van der Waals surface area contributed by atoms with E-state index in [1.165, 1.54) is 44.7 Å². The molecule has 0 bridgehead atoms. The third-order valence-corrected chi connectivity index (χ3v) is 4.43. The molecule has 0 radical (unpaired) electrons. The van der Waals surface area contributed by atoms with Crippen LogP contribution in [0.5, 0.6) is 17.2 Å². The van der Waals surface area contributed by atoms with Crippen LogP contribution in [0.2, 0.25) is 0 Å². The molecule has 1 amide bonds. The lowest BCUT2D eigenvalue weighted by molar-refractivity contribution is -0.384. The van der Waals surface area contributed by atoms with E-state index in [4.69, 9.17) is 9.47 Å². The zero-order valence-electron chi connectivity index (χ0n) is 16.3. The maximum Gasteiger partial charge on any atom is 0.270 e. The summed E-state index contributed by atoms with van der Waals surface area (Å²) >= 11 is 0. The Labute approximate surface area is 171 Å². The van der Waals surface area contributed by atoms with Gasteiger partial charge in [0.15, 0.2) is 11.5 Å². The van der Waals surface area contributed by atoms with Gasteiger partial charge in [-0.25, -0.2) is 5.43 Å². The molecular weight excluding hydrogens is 390 g/mol. The Hall–Kier alpha value is -4.14. The first-order valence-electron chi connectivity index (χ1n) is 8.86. The van der Waals surface area contributed by atoms with Crippen molar-refractivity contribution in [1.82, 2.24) is 5.43 Å². The number of non-ortho nitro benzene ring substituents is 1. The number of nitrogens with zero attached hydrogens (tertiary/aromatic N) is 2. The summed E-state index contributed by atoms with van der Waals surface area (Å²) in [6.45, 7) is 0. The Bertz CT molecular complexity index is 1140. The number of ether oxygens (including phenoxy) is 2. The zero-order valence-corrected chi connectivity index (χ0v) is 16.3. The number of fused-ring (bicyclic) bond motifs is 1. The molecule has 0 saturated carbocycles. The number of phenols is 1. The predicted octanol–water partition coefficient (Wildman–Crippen LogP) is 3.16. The maximum absolute atomic E-state index is 12.2. The van der Waals surface area contributed by atoms with E-state index >= 15 is 0 Å². The number of carbonyl (C=O) groups excluding carboxylic acids is 1. The molecule has 0 aliphatic heterocycles. The molecule has 0 aliphatic rings. The second-order valence-corrected chi connectivity index (χ2v) is 6.32. The van der Waals surface area contributed by atoms with E-state index in [1.54, 1.807) is 24.3 Å². The highest BCUT2D eigenvalue weighted by Crippen LogP contribution is 2.29. The Morgan fingerprint density at radius 3 is 2.60 bits per heavy atom. The van der Waals surface area contributed by atoms with Crippen molar-refractivity contribution in [2.45, 2.75) is 6.42 Å². The molecule has 3 rings (SSSR count). The minimum atomic E-state index is -0.492. The highest BCUT2D eigenvalue weighted by molar-refractivity contribution is 6.03. The Kier molecular flexibility index (Phi) is 6.11. The summed E-state index contributed by atoms with van der Waals surface area (Å²) < 4.78 is 10.4. The van der Waals surface area contributed by atoms with Gasteiger partial charge in [-0.1, -0.05) is 12.1 Å². The third kappa shape index (κ3) is 4.46. The molecule has 0 unspecified atom stereocenters. The maximum atomic E-state index is 12.2. The number of aromatic hydroxyl groups is 1. The van der Waals surface area contributed by atoms with Crippen LogP contribution in [0, 0.1) is 10.1 Å². The van der Waals surface area contributed by atoms with Crippen LogP contribution in [0.25, 0.3) is 10.8 Å². The molecule has 0 aliphatic carbocycles. The molecule has 0 fully saturated rings. The van der Waals surface area contributed by atoms with Crippen LogP contribution >= 0.6 is 0 Å². The van der Waals surface area contributed by atoms with Gasteiger partial charge in [0.05, 0.1) is 31.8 Å². The van der Waals surface area contributed by atoms with Gasteiger partial charge in [-0.2, -0.15) is 5.10 Å². The van der Waals surface area contributed by atoms with Gasteiger partial charge in [-0.05, 0) is 40.6 Å². The first kappa shape index (κ1) is 20.6. The Balaban J connectivity index is 1.75. The van der Waals surface area contributed by atoms with E-state index < -0.39 is 4.92 Å². The fourth-order valence-electron chi connectivity index (χ4n) is 2.96. The van der Waals surface area contributed by atoms with Crippen molar-refractivity contribution < 1.29 is 24.3 Å². The van der Waals surface area contributed by atoms with Gasteiger partial charge in [0.25, 0.3) is 5.69 Å². The minimum Gasteiger partial charge on any atom is -0.507 e. The SMILES string of the molecule is COc1ccc(CC(=O)NN=Cc2c(O)ccc3cc([N+](=O)[O-])ccc23)cc1OC. The molecule has 3 aromatic rings. The summed E-state index contributed by atoms with van der Waals surface area (Å²) in [7, 11) is 3.04. The fourth-order valence-corrected chi connectivity index (χ4v) is 2.96. The van der Waals surface area contributed by atoms with Crippen LogP contribution in [0.15, 0.2) is 53.6 Å². The van der Waals surface area contributed by atoms with Gasteiger partial charge in [-0.3, -0.25) is 14.9 Å². The fraction of sp³-hybridized carbons (Fsp3) is 0.143. The predicted molar refractivity (Wildman–Crippen MR) is 111 cm³/mol. The van der Waals surface area contributed by atoms with E-state index in [9.17, 15) is 20.0 Å². The number of methoxy groups -OCH3 is 2. The summed E-state index contributed by atoms with van der Waals surface area (Å²) in [5.74, 6) is 0.649. The Morgan fingerprint density at radius 2 is 1.90 bits per heavy atom. The lowest BCUT2D eigenvalue weighted by atomic mass is 10.0. The highest BCUT2D eigenvalue weighted by Gasteiger charge is 2.11. The summed E-state index contributed by atoms with van der Waals surface area (Å²) in [4.78, 5) is 22.6. The average Bonchev–Trinajstić information content (AvgIpc) is 2.74. The number of benzene rings is 3. The lowest BCUT2D eigenvalue weighted by Crippen LogP contribution is -2.19. The van der Waals surface area contributed by atoms with E-state index in [1.807, 2.05) is 0 Å². The van der Waals surface area contributed by atoms with Gasteiger partial charge in [0, 0.05) is 17.7 Å². The molecule has 9 heteroatoms. The first-order valence-corrected chi connectivity index (χ1v) is 8.86. The molecule has 2 N–H and O–H groups in total. The smallest absolute Gasteiger partial charge is 0.270 e. The normalized spacial score (nSPS) is 10.9. The molecule has 0 spiro atoms. The second kappa shape index (κ2) is 8.91. The van der Waals surface area contributed by atoms with Crippen molar-refractivity contribution in [3.63, 3.8) is 0 Å². The van der Waals surface area contributed by atoms with Crippen molar-refractivity contribution in [2.75, 3.05) is 14.2 Å². The van der Waals surface area contributed by atoms with Crippen molar-refractivity contribution >= 4 is 28.6 Å². The van der Waals surface area contributed by atoms with Crippen LogP contribution in [-0.2, 0) is 11.2 Å². The number of nitrogens with one attached hydrogen (secondary N) is 1. The first-order chi connectivity index (χ1) is 14.4. The monoisotopic (exact) mass is 409 g/mol. The number of hydrazone groups is 1. The highest BCUT2D eigenvalue weighted by atomic mass is 16.6. The van der Waals surface area contributed by atoms with Gasteiger partial charge in [0.2, 0.25) is 5.91 Å². The van der Waals surface area contributed by atoms with E-state index in [-0.39, 0.29) is 23.8 Å². The largest absolute Gasteiger partial charge is 0.507 e. The number of nitro benzene ring substituents is 1. The molecule has 154 valence electrons. The summed E-state index contributed by atoms with van der Waals surface area (Å²) in [6, 6.07) is 12.4. The standard InChI is InChI=1S/C21H19N3O6/c1-29-19-8-3-13(9-20(19)30-2)10-21(26)23-22-12-17-16-6-5-15(24(27)28)11-14(16)4-7-18(17)25/h3-9,11-12,25H,10H2,1-2H3,(H,23,26). The summed E-state index contributed by atoms with van der Waals surface area (Å²) in [6.07, 6.45) is 1.36. The quantitative estimate of drug-likeness (QED) is 0.351. The number of amides is 1. The van der Waals surface area contributed by atoms with E-state index in [0.29, 0.717) is 33.4 Å². The van der Waals surface area contributed by atoms with Crippen LogP contribution in [-0.4, -0.2) is 36.4 Å². The lowest BCUT2D eigenvalue weighted by Gasteiger charge is -2.09. The molecule has 9 nitrogen and oxygen atoms in total. The molecule has 0 saturated heterocycles. The van der Waals surface area contributed by atoms with Crippen molar-refractivity contribution in [3.05, 3.63) is 69.8 Å². The van der Waals surface area contributed by atoms with Crippen LogP contribution < -0.4 is 14.9 Å². The van der Waals surface area contributed by atoms with Gasteiger partial charge in [-0.15, -0.1) is 0 Å². The number of rotatable bonds is 7. The number of nitro groups is 1. The zero-order chi connectivity index (χ0) is 21.7. The second-order valence-electron chi connectivity index (χ2n) is 6.32. The van der Waals surface area contributed by atoms with Crippen molar-refractivity contribution in [2.24, 2.45) is 5.10 Å². The topological polar surface area (TPSA) is 123 Å². The molecule has 3 aromatic carbocycles. The van der Waals surface area contributed by atoms with E-state index in [2.05, 4.69) is 10.5 Å². The average molecular weight is 409 g/mol. The number of hydrogen-bond acceptors (Lipinski definition) is 7. The summed E-state index contributed by atoms with van der Waals surface area (Å²) in [5.41, 5.74) is 3.40. The van der Waals surface area contributed by atoms with Gasteiger partial charge >= 0.3 is 0 Å². The molecular formula is C21H19N3O6. The van der Waals surface area contributed by atoms with Gasteiger partial charge in [0.1, 0.15) is 5.75 Å². The number of hydrogen-bond donors (Lipinski definition) is 2. The number of phenolic OH excluding ortho intramolecular Hbond substituents is 1. The van der Waals surface area contributed by atoms with Gasteiger partial charge < -0.3 is 14.6 Å². The summed E-state index contributed by atoms with van der Waals surface area (Å²) in [5, 5.41) is 26.1. The molecule has 0 atom stereocenters. The van der Waals surface area contributed by atoms with Crippen LogP contribution in [0.3, 0.4) is 0 Å². The number of carbonyl (C=O) groups is 1.